The van der Waals surface area contributed by atoms with Crippen molar-refractivity contribution in [3.63, 3.8) is 0 Å². The first kappa shape index (κ1) is 12.3. The number of hydrogen-bond acceptors (Lipinski definition) is 3. The molecule has 0 radical (unpaired) electrons. The maximum absolute atomic E-state index is 11.4. The highest BCUT2D eigenvalue weighted by atomic mass is 32.1. The number of rotatable bonds is 5. The molecule has 0 atom stereocenters. The van der Waals surface area contributed by atoms with Crippen LogP contribution in [0, 0.1) is 0 Å². The van der Waals surface area contributed by atoms with E-state index in [2.05, 4.69) is 0 Å². The SMILES string of the molecule is CN(C)CC(=O)N(C)CCC(N)=S. The van der Waals surface area contributed by atoms with E-state index in [1.165, 1.54) is 0 Å². The number of carbonyl (C=O) groups excluding carboxylic acids is 1. The fourth-order valence-corrected chi connectivity index (χ4v) is 0.885. The highest BCUT2D eigenvalue weighted by molar-refractivity contribution is 7.80. The van der Waals surface area contributed by atoms with E-state index in [0.29, 0.717) is 24.5 Å². The summed E-state index contributed by atoms with van der Waals surface area (Å²) in [5.41, 5.74) is 5.33. The predicted molar refractivity (Wildman–Crippen MR) is 57.6 cm³/mol. The van der Waals surface area contributed by atoms with Crippen LogP contribution in [0.3, 0.4) is 0 Å². The standard InChI is InChI=1S/C8H17N3OS/c1-10(2)6-8(12)11(3)5-4-7(9)13/h4-6H2,1-3H3,(H2,9,13). The largest absolute Gasteiger partial charge is 0.393 e. The second-order valence-corrected chi connectivity index (χ2v) is 3.79. The second kappa shape index (κ2) is 5.88. The zero-order chi connectivity index (χ0) is 10.4. The Bertz CT molecular complexity index is 194. The molecule has 2 N–H and O–H groups in total. The Balaban J connectivity index is 3.76. The summed E-state index contributed by atoms with van der Waals surface area (Å²) in [6, 6.07) is 0. The average Bonchev–Trinajstić information content (AvgIpc) is 1.98. The molecule has 76 valence electrons. The Morgan fingerprint density at radius 2 is 1.92 bits per heavy atom. The first-order chi connectivity index (χ1) is 5.93. The van der Waals surface area contributed by atoms with Gasteiger partial charge in [0, 0.05) is 20.0 Å². The molecule has 5 heteroatoms. The number of thiocarbonyl (C=S) groups is 1. The van der Waals surface area contributed by atoms with Crippen LogP contribution in [-0.2, 0) is 4.79 Å². The van der Waals surface area contributed by atoms with Crippen molar-refractivity contribution in [1.29, 1.82) is 0 Å². The van der Waals surface area contributed by atoms with Crippen LogP contribution >= 0.6 is 12.2 Å². The quantitative estimate of drug-likeness (QED) is 0.622. The summed E-state index contributed by atoms with van der Waals surface area (Å²) in [5.74, 6) is 0.0845. The van der Waals surface area contributed by atoms with E-state index >= 15 is 0 Å². The molecule has 0 aromatic heterocycles. The molecule has 0 saturated carbocycles. The van der Waals surface area contributed by atoms with Gasteiger partial charge < -0.3 is 15.5 Å². The van der Waals surface area contributed by atoms with Crippen molar-refractivity contribution in [3.05, 3.63) is 0 Å². The van der Waals surface area contributed by atoms with Gasteiger partial charge in [-0.3, -0.25) is 4.79 Å². The van der Waals surface area contributed by atoms with Crippen LogP contribution in [0.15, 0.2) is 0 Å². The summed E-state index contributed by atoms with van der Waals surface area (Å²) in [6.07, 6.45) is 0.588. The lowest BCUT2D eigenvalue weighted by atomic mass is 10.4. The fraction of sp³-hybridized carbons (Fsp3) is 0.750. The lowest BCUT2D eigenvalue weighted by molar-refractivity contribution is -0.130. The molecule has 0 spiro atoms. The third kappa shape index (κ3) is 6.48. The zero-order valence-corrected chi connectivity index (χ0v) is 9.23. The summed E-state index contributed by atoms with van der Waals surface area (Å²) >= 11 is 4.72. The maximum Gasteiger partial charge on any atom is 0.236 e. The summed E-state index contributed by atoms with van der Waals surface area (Å²) in [7, 11) is 5.47. The molecular formula is C8H17N3OS. The van der Waals surface area contributed by atoms with Crippen LogP contribution in [-0.4, -0.2) is 54.9 Å². The van der Waals surface area contributed by atoms with Gasteiger partial charge in [-0.05, 0) is 14.1 Å². The van der Waals surface area contributed by atoms with Gasteiger partial charge in [0.2, 0.25) is 5.91 Å². The molecule has 0 heterocycles. The Morgan fingerprint density at radius 1 is 1.38 bits per heavy atom. The minimum atomic E-state index is 0.0845. The molecule has 4 nitrogen and oxygen atoms in total. The van der Waals surface area contributed by atoms with Gasteiger partial charge in [-0.2, -0.15) is 0 Å². The maximum atomic E-state index is 11.4. The van der Waals surface area contributed by atoms with Crippen molar-refractivity contribution in [2.24, 2.45) is 5.73 Å². The molecule has 0 fully saturated rings. The molecule has 0 aliphatic carbocycles. The number of carbonyl (C=O) groups is 1. The Kier molecular flexibility index (Phi) is 5.57. The van der Waals surface area contributed by atoms with Crippen molar-refractivity contribution in [2.45, 2.75) is 6.42 Å². The number of hydrogen-bond donors (Lipinski definition) is 1. The van der Waals surface area contributed by atoms with E-state index in [4.69, 9.17) is 18.0 Å². The van der Waals surface area contributed by atoms with Crippen LogP contribution in [0.2, 0.25) is 0 Å². The van der Waals surface area contributed by atoms with Gasteiger partial charge in [-0.1, -0.05) is 12.2 Å². The minimum absolute atomic E-state index is 0.0845. The summed E-state index contributed by atoms with van der Waals surface area (Å²) in [4.78, 5) is 15.3. The van der Waals surface area contributed by atoms with Gasteiger partial charge in [0.15, 0.2) is 0 Å². The van der Waals surface area contributed by atoms with Gasteiger partial charge in [0.05, 0.1) is 11.5 Å². The van der Waals surface area contributed by atoms with Crippen molar-refractivity contribution in [1.82, 2.24) is 9.80 Å². The van der Waals surface area contributed by atoms with Gasteiger partial charge in [0.1, 0.15) is 0 Å². The molecule has 0 bridgehead atoms. The molecule has 0 aromatic rings. The molecule has 0 aromatic carbocycles. The smallest absolute Gasteiger partial charge is 0.236 e. The third-order valence-corrected chi connectivity index (χ3v) is 1.77. The molecular weight excluding hydrogens is 186 g/mol. The van der Waals surface area contributed by atoms with Crippen molar-refractivity contribution < 1.29 is 4.79 Å². The monoisotopic (exact) mass is 203 g/mol. The molecule has 0 aliphatic heterocycles. The number of nitrogens with two attached hydrogens (primary N) is 1. The normalized spacial score (nSPS) is 10.2. The van der Waals surface area contributed by atoms with Crippen LogP contribution in [0.5, 0.6) is 0 Å². The van der Waals surface area contributed by atoms with E-state index in [1.807, 2.05) is 19.0 Å². The van der Waals surface area contributed by atoms with Gasteiger partial charge in [-0.15, -0.1) is 0 Å². The van der Waals surface area contributed by atoms with Gasteiger partial charge in [-0.25, -0.2) is 0 Å². The molecule has 0 saturated heterocycles. The molecule has 1 amide bonds. The molecule has 0 aliphatic rings. The molecule has 13 heavy (non-hydrogen) atoms. The van der Waals surface area contributed by atoms with Crippen molar-refractivity contribution in [2.75, 3.05) is 34.2 Å². The highest BCUT2D eigenvalue weighted by Gasteiger charge is 2.08. The van der Waals surface area contributed by atoms with Gasteiger partial charge >= 0.3 is 0 Å². The topological polar surface area (TPSA) is 49.6 Å². The predicted octanol–water partition coefficient (Wildman–Crippen LogP) is -0.317. The number of amides is 1. The van der Waals surface area contributed by atoms with E-state index in [1.54, 1.807) is 11.9 Å². The summed E-state index contributed by atoms with van der Waals surface area (Å²) in [5, 5.41) is 0. The van der Waals surface area contributed by atoms with Crippen LogP contribution in [0.25, 0.3) is 0 Å². The Hall–Kier alpha value is -0.680. The van der Waals surface area contributed by atoms with Crippen LogP contribution in [0.4, 0.5) is 0 Å². The van der Waals surface area contributed by atoms with E-state index in [-0.39, 0.29) is 5.91 Å². The third-order valence-electron chi connectivity index (χ3n) is 1.57. The number of nitrogens with zero attached hydrogens (tertiary/aromatic N) is 2. The lowest BCUT2D eigenvalue weighted by Gasteiger charge is -2.18. The Morgan fingerprint density at radius 3 is 2.31 bits per heavy atom. The van der Waals surface area contributed by atoms with Crippen LogP contribution in [0.1, 0.15) is 6.42 Å². The van der Waals surface area contributed by atoms with E-state index < -0.39 is 0 Å². The van der Waals surface area contributed by atoms with E-state index in [9.17, 15) is 4.79 Å². The zero-order valence-electron chi connectivity index (χ0n) is 8.41. The van der Waals surface area contributed by atoms with Gasteiger partial charge in [0.25, 0.3) is 0 Å². The summed E-state index contributed by atoms with van der Waals surface area (Å²) in [6.45, 7) is 1.02. The van der Waals surface area contributed by atoms with Crippen molar-refractivity contribution in [3.8, 4) is 0 Å². The molecule has 0 rings (SSSR count). The van der Waals surface area contributed by atoms with Crippen LogP contribution < -0.4 is 5.73 Å². The first-order valence-electron chi connectivity index (χ1n) is 4.10. The molecule has 0 unspecified atom stereocenters. The number of likely N-dealkylation sites (N-methyl/N-ethyl adjacent to an activating group) is 2. The lowest BCUT2D eigenvalue weighted by Crippen LogP contribution is -2.36. The fourth-order valence-electron chi connectivity index (χ4n) is 0.794. The second-order valence-electron chi connectivity index (χ2n) is 3.27. The summed E-state index contributed by atoms with van der Waals surface area (Å²) < 4.78 is 0. The Labute approximate surface area is 84.7 Å². The first-order valence-corrected chi connectivity index (χ1v) is 4.51. The highest BCUT2D eigenvalue weighted by Crippen LogP contribution is 1.90. The average molecular weight is 203 g/mol. The van der Waals surface area contributed by atoms with E-state index in [0.717, 1.165) is 0 Å². The van der Waals surface area contributed by atoms with Crippen molar-refractivity contribution >= 4 is 23.1 Å². The minimum Gasteiger partial charge on any atom is -0.393 e.